The summed E-state index contributed by atoms with van der Waals surface area (Å²) < 4.78 is 0. The standard InChI is InChI=1S/C15H11N3O3/c19-13(9-4-2-1-3-5-9)10-6-7-11-12(8-10)17-14(16-11)18-15(20)21/h1-8H,(H,20,21)(H2,16,17,18)/p-1. The summed E-state index contributed by atoms with van der Waals surface area (Å²) in [6, 6.07) is 13.9. The van der Waals surface area contributed by atoms with Gasteiger partial charge in [-0.05, 0) is 18.2 Å². The molecule has 0 unspecified atom stereocenters. The molecule has 0 aliphatic heterocycles. The van der Waals surface area contributed by atoms with Crippen molar-refractivity contribution in [3.8, 4) is 0 Å². The molecule has 0 saturated carbocycles. The molecule has 104 valence electrons. The van der Waals surface area contributed by atoms with Gasteiger partial charge in [0.25, 0.3) is 0 Å². The van der Waals surface area contributed by atoms with E-state index in [4.69, 9.17) is 0 Å². The zero-order valence-electron chi connectivity index (χ0n) is 10.8. The largest absolute Gasteiger partial charge is 0.530 e. The van der Waals surface area contributed by atoms with Crippen molar-refractivity contribution in [2.45, 2.75) is 0 Å². The Kier molecular flexibility index (Phi) is 3.12. The number of carbonyl (C=O) groups excluding carboxylic acids is 2. The number of carbonyl (C=O) groups is 2. The Morgan fingerprint density at radius 1 is 1.05 bits per heavy atom. The van der Waals surface area contributed by atoms with Crippen LogP contribution in [0.5, 0.6) is 0 Å². The van der Waals surface area contributed by atoms with Gasteiger partial charge in [0.15, 0.2) is 5.78 Å². The third kappa shape index (κ3) is 2.59. The molecule has 1 aromatic heterocycles. The van der Waals surface area contributed by atoms with Crippen molar-refractivity contribution in [2.24, 2.45) is 0 Å². The van der Waals surface area contributed by atoms with Gasteiger partial charge in [0.2, 0.25) is 5.95 Å². The van der Waals surface area contributed by atoms with Gasteiger partial charge in [-0.2, -0.15) is 0 Å². The van der Waals surface area contributed by atoms with Gasteiger partial charge in [-0.3, -0.25) is 4.79 Å². The molecule has 0 spiro atoms. The van der Waals surface area contributed by atoms with Crippen LogP contribution in [0.3, 0.4) is 0 Å². The van der Waals surface area contributed by atoms with Crippen LogP contribution in [0.2, 0.25) is 0 Å². The molecule has 1 heterocycles. The fourth-order valence-corrected chi connectivity index (χ4v) is 2.06. The van der Waals surface area contributed by atoms with Crippen LogP contribution in [0, 0.1) is 0 Å². The van der Waals surface area contributed by atoms with Crippen molar-refractivity contribution in [3.05, 3.63) is 59.7 Å². The molecule has 0 bridgehead atoms. The molecule has 3 rings (SSSR count). The molecule has 0 atom stereocenters. The fraction of sp³-hybridized carbons (Fsp3) is 0. The second kappa shape index (κ2) is 5.09. The Labute approximate surface area is 119 Å². The number of hydrogen-bond acceptors (Lipinski definition) is 4. The number of anilines is 1. The number of hydrogen-bond donors (Lipinski definition) is 2. The monoisotopic (exact) mass is 280 g/mol. The summed E-state index contributed by atoms with van der Waals surface area (Å²) in [5, 5.41) is 12.5. The maximum atomic E-state index is 12.3. The average molecular weight is 280 g/mol. The first kappa shape index (κ1) is 12.9. The fourth-order valence-electron chi connectivity index (χ4n) is 2.06. The van der Waals surface area contributed by atoms with Gasteiger partial charge in [0, 0.05) is 11.1 Å². The van der Waals surface area contributed by atoms with Gasteiger partial charge < -0.3 is 20.2 Å². The number of amides is 1. The lowest BCUT2D eigenvalue weighted by Crippen LogP contribution is -2.29. The molecule has 0 aliphatic rings. The highest BCUT2D eigenvalue weighted by Gasteiger charge is 2.10. The first-order valence-electron chi connectivity index (χ1n) is 6.21. The highest BCUT2D eigenvalue weighted by atomic mass is 16.4. The summed E-state index contributed by atoms with van der Waals surface area (Å²) >= 11 is 0. The molecule has 3 aromatic rings. The van der Waals surface area contributed by atoms with Crippen molar-refractivity contribution in [1.82, 2.24) is 9.97 Å². The number of nitrogens with zero attached hydrogens (tertiary/aromatic N) is 1. The van der Waals surface area contributed by atoms with Crippen LogP contribution in [0.25, 0.3) is 11.0 Å². The van der Waals surface area contributed by atoms with Crippen LogP contribution in [-0.4, -0.2) is 21.8 Å². The maximum absolute atomic E-state index is 12.3. The summed E-state index contributed by atoms with van der Waals surface area (Å²) in [4.78, 5) is 29.6. The molecule has 0 fully saturated rings. The van der Waals surface area contributed by atoms with E-state index >= 15 is 0 Å². The van der Waals surface area contributed by atoms with E-state index in [9.17, 15) is 14.7 Å². The van der Waals surface area contributed by atoms with E-state index in [2.05, 4.69) is 9.97 Å². The van der Waals surface area contributed by atoms with E-state index in [1.807, 2.05) is 11.4 Å². The molecule has 1 amide bonds. The summed E-state index contributed by atoms with van der Waals surface area (Å²) in [6.45, 7) is 0. The number of aromatic amines is 1. The number of aromatic nitrogens is 2. The number of benzene rings is 2. The molecule has 6 heteroatoms. The maximum Gasteiger partial charge on any atom is 0.206 e. The summed E-state index contributed by atoms with van der Waals surface area (Å²) in [5.41, 5.74) is 2.21. The van der Waals surface area contributed by atoms with Gasteiger partial charge in [0.1, 0.15) is 6.09 Å². The van der Waals surface area contributed by atoms with Crippen molar-refractivity contribution >= 4 is 28.9 Å². The zero-order valence-corrected chi connectivity index (χ0v) is 10.8. The Bertz CT molecular complexity index is 825. The lowest BCUT2D eigenvalue weighted by atomic mass is 10.0. The highest BCUT2D eigenvalue weighted by Crippen LogP contribution is 2.18. The lowest BCUT2D eigenvalue weighted by molar-refractivity contribution is -0.242. The molecule has 0 aliphatic carbocycles. The van der Waals surface area contributed by atoms with Crippen molar-refractivity contribution in [1.29, 1.82) is 0 Å². The van der Waals surface area contributed by atoms with Gasteiger partial charge in [-0.15, -0.1) is 0 Å². The quantitative estimate of drug-likeness (QED) is 0.711. The second-order valence-electron chi connectivity index (χ2n) is 4.42. The number of H-pyrrole nitrogens is 1. The number of ketones is 1. The number of rotatable bonds is 3. The third-order valence-corrected chi connectivity index (χ3v) is 3.00. The SMILES string of the molecule is O=C([O-])Nc1nc2ccc(C(=O)c3ccccc3)cc2[nH]1. The smallest absolute Gasteiger partial charge is 0.206 e. The number of fused-ring (bicyclic) bond motifs is 1. The normalized spacial score (nSPS) is 10.5. The Morgan fingerprint density at radius 2 is 1.81 bits per heavy atom. The lowest BCUT2D eigenvalue weighted by Gasteiger charge is -2.01. The van der Waals surface area contributed by atoms with E-state index < -0.39 is 6.09 Å². The molecule has 6 nitrogen and oxygen atoms in total. The predicted octanol–water partition coefficient (Wildman–Crippen LogP) is 1.55. The minimum atomic E-state index is -1.45. The average Bonchev–Trinajstić information content (AvgIpc) is 2.87. The predicted molar refractivity (Wildman–Crippen MR) is 75.0 cm³/mol. The van der Waals surface area contributed by atoms with Crippen LogP contribution in [-0.2, 0) is 0 Å². The number of nitrogens with one attached hydrogen (secondary N) is 2. The Hall–Kier alpha value is -3.15. The summed E-state index contributed by atoms with van der Waals surface area (Å²) in [5.74, 6) is -0.0455. The molecule has 2 N–H and O–H groups in total. The molecule has 21 heavy (non-hydrogen) atoms. The minimum absolute atomic E-state index is 0.0642. The highest BCUT2D eigenvalue weighted by molar-refractivity contribution is 6.10. The van der Waals surface area contributed by atoms with Gasteiger partial charge in [0.05, 0.1) is 11.0 Å². The molecule has 2 aromatic carbocycles. The van der Waals surface area contributed by atoms with E-state index in [1.54, 1.807) is 42.5 Å². The van der Waals surface area contributed by atoms with Crippen LogP contribution >= 0.6 is 0 Å². The minimum Gasteiger partial charge on any atom is -0.530 e. The van der Waals surface area contributed by atoms with E-state index in [1.165, 1.54) is 0 Å². The molecular formula is C15H10N3O3-. The third-order valence-electron chi connectivity index (χ3n) is 3.00. The first-order chi connectivity index (χ1) is 10.1. The van der Waals surface area contributed by atoms with Gasteiger partial charge >= 0.3 is 0 Å². The second-order valence-corrected chi connectivity index (χ2v) is 4.42. The zero-order chi connectivity index (χ0) is 14.8. The van der Waals surface area contributed by atoms with Crippen LogP contribution in [0.15, 0.2) is 48.5 Å². The van der Waals surface area contributed by atoms with Crippen molar-refractivity contribution < 1.29 is 14.7 Å². The van der Waals surface area contributed by atoms with E-state index in [0.29, 0.717) is 22.2 Å². The number of imidazole rings is 1. The number of carboxylic acid groups (broad SMARTS) is 1. The first-order valence-corrected chi connectivity index (χ1v) is 6.21. The Balaban J connectivity index is 1.97. The molecule has 0 radical (unpaired) electrons. The van der Waals surface area contributed by atoms with Crippen molar-refractivity contribution in [3.63, 3.8) is 0 Å². The van der Waals surface area contributed by atoms with E-state index in [0.717, 1.165) is 0 Å². The Morgan fingerprint density at radius 3 is 2.52 bits per heavy atom. The molecule has 0 saturated heterocycles. The topological polar surface area (TPSA) is 97.9 Å². The van der Waals surface area contributed by atoms with Crippen LogP contribution in [0.4, 0.5) is 10.7 Å². The van der Waals surface area contributed by atoms with E-state index in [-0.39, 0.29) is 11.7 Å². The summed E-state index contributed by atoms with van der Waals surface area (Å²) in [6.07, 6.45) is -1.45. The van der Waals surface area contributed by atoms with Crippen LogP contribution in [0.1, 0.15) is 15.9 Å². The molecular weight excluding hydrogens is 270 g/mol. The van der Waals surface area contributed by atoms with Crippen molar-refractivity contribution in [2.75, 3.05) is 5.32 Å². The van der Waals surface area contributed by atoms with Gasteiger partial charge in [-0.1, -0.05) is 30.3 Å². The van der Waals surface area contributed by atoms with Crippen LogP contribution < -0.4 is 10.4 Å². The van der Waals surface area contributed by atoms with Gasteiger partial charge in [-0.25, -0.2) is 4.98 Å². The summed E-state index contributed by atoms with van der Waals surface area (Å²) in [7, 11) is 0.